The topological polar surface area (TPSA) is 113 Å². The van der Waals surface area contributed by atoms with Gasteiger partial charge in [0.2, 0.25) is 5.91 Å². The lowest BCUT2D eigenvalue weighted by molar-refractivity contribution is 0.1000. The highest BCUT2D eigenvalue weighted by molar-refractivity contribution is 7.92. The minimum absolute atomic E-state index is 0.145. The van der Waals surface area contributed by atoms with Crippen molar-refractivity contribution in [2.24, 2.45) is 5.73 Å². The molecule has 1 aliphatic rings. The number of likely N-dealkylation sites (tertiary alicyclic amines) is 1. The van der Waals surface area contributed by atoms with E-state index in [1.54, 1.807) is 4.90 Å². The molecule has 1 fully saturated rings. The number of carbonyl (C=O) groups excluding carboxylic acids is 2. The number of nitrogens with one attached hydrogen (secondary N) is 1. The van der Waals surface area contributed by atoms with Crippen LogP contribution in [0.3, 0.4) is 0 Å². The summed E-state index contributed by atoms with van der Waals surface area (Å²) in [5, 5.41) is 2.22. The molecule has 0 saturated carbocycles. The van der Waals surface area contributed by atoms with E-state index in [0.29, 0.717) is 25.9 Å². The van der Waals surface area contributed by atoms with Gasteiger partial charge < -0.3 is 20.9 Å². The fraction of sp³-hybridized carbons (Fsp3) is 0.579. The summed E-state index contributed by atoms with van der Waals surface area (Å²) in [6, 6.07) is 5.40. The first-order valence-electron chi connectivity index (χ1n) is 9.68. The average molecular weight is 411 g/mol. The molecule has 1 aromatic carbocycles. The maximum Gasteiger partial charge on any atom is 0.317 e. The van der Waals surface area contributed by atoms with E-state index in [0.717, 1.165) is 19.6 Å². The van der Waals surface area contributed by atoms with Crippen molar-refractivity contribution in [1.82, 2.24) is 15.1 Å². The standard InChI is InChI=1S/C19H30N4O4S/c1-3-22(4-2)13-11-21-19(25)23-12-5-6-17(14-23)28(26,27)16-9-7-15(8-10-16)18(20)24/h7-10,17H,3-6,11-14H2,1-2H3,(H2,20,24)(H,21,25). The van der Waals surface area contributed by atoms with E-state index in [-0.39, 0.29) is 23.0 Å². The van der Waals surface area contributed by atoms with Gasteiger partial charge in [0.25, 0.3) is 0 Å². The van der Waals surface area contributed by atoms with Crippen LogP contribution in [0.1, 0.15) is 37.0 Å². The van der Waals surface area contributed by atoms with Crippen LogP contribution in [-0.4, -0.2) is 74.7 Å². The molecule has 3 N–H and O–H groups in total. The fourth-order valence-electron chi connectivity index (χ4n) is 3.35. The molecule has 3 amide bonds. The number of rotatable bonds is 8. The highest BCUT2D eigenvalue weighted by Gasteiger charge is 2.33. The van der Waals surface area contributed by atoms with Gasteiger partial charge in [-0.1, -0.05) is 13.8 Å². The van der Waals surface area contributed by atoms with Gasteiger partial charge in [0, 0.05) is 31.7 Å². The summed E-state index contributed by atoms with van der Waals surface area (Å²) >= 11 is 0. The largest absolute Gasteiger partial charge is 0.366 e. The van der Waals surface area contributed by atoms with Gasteiger partial charge in [0.15, 0.2) is 9.84 Å². The van der Waals surface area contributed by atoms with Crippen molar-refractivity contribution in [1.29, 1.82) is 0 Å². The first kappa shape index (κ1) is 22.2. The predicted molar refractivity (Wildman–Crippen MR) is 108 cm³/mol. The normalized spacial score (nSPS) is 17.5. The molecule has 156 valence electrons. The van der Waals surface area contributed by atoms with Crippen LogP contribution in [0.4, 0.5) is 4.79 Å². The Balaban J connectivity index is 1.99. The van der Waals surface area contributed by atoms with Gasteiger partial charge in [-0.2, -0.15) is 0 Å². The van der Waals surface area contributed by atoms with E-state index >= 15 is 0 Å². The Bertz CT molecular complexity index is 776. The van der Waals surface area contributed by atoms with Gasteiger partial charge in [-0.15, -0.1) is 0 Å². The number of benzene rings is 1. The van der Waals surface area contributed by atoms with Crippen LogP contribution in [0.15, 0.2) is 29.2 Å². The van der Waals surface area contributed by atoms with Crippen LogP contribution >= 0.6 is 0 Å². The molecule has 1 unspecified atom stereocenters. The lowest BCUT2D eigenvalue weighted by atomic mass is 10.1. The quantitative estimate of drug-likeness (QED) is 0.666. The van der Waals surface area contributed by atoms with Crippen LogP contribution in [0.5, 0.6) is 0 Å². The molecule has 28 heavy (non-hydrogen) atoms. The number of primary amides is 1. The van der Waals surface area contributed by atoms with Crippen molar-refractivity contribution in [2.45, 2.75) is 36.8 Å². The maximum atomic E-state index is 12.9. The monoisotopic (exact) mass is 410 g/mol. The number of sulfone groups is 1. The van der Waals surface area contributed by atoms with Crippen molar-refractivity contribution in [3.63, 3.8) is 0 Å². The van der Waals surface area contributed by atoms with Crippen molar-refractivity contribution < 1.29 is 18.0 Å². The number of hydrogen-bond donors (Lipinski definition) is 2. The molecule has 1 aromatic rings. The SMILES string of the molecule is CCN(CC)CCNC(=O)N1CCCC(S(=O)(=O)c2ccc(C(N)=O)cc2)C1. The second-order valence-corrected chi connectivity index (χ2v) is 9.13. The minimum Gasteiger partial charge on any atom is -0.366 e. The highest BCUT2D eigenvalue weighted by atomic mass is 32.2. The number of piperidine rings is 1. The second-order valence-electron chi connectivity index (χ2n) is 6.90. The molecule has 0 aromatic heterocycles. The zero-order chi connectivity index (χ0) is 20.7. The van der Waals surface area contributed by atoms with Crippen molar-refractivity contribution in [3.8, 4) is 0 Å². The molecule has 1 saturated heterocycles. The summed E-state index contributed by atoms with van der Waals surface area (Å²) in [4.78, 5) is 27.5. The Morgan fingerprint density at radius 3 is 2.43 bits per heavy atom. The van der Waals surface area contributed by atoms with E-state index in [1.165, 1.54) is 24.3 Å². The zero-order valence-electron chi connectivity index (χ0n) is 16.6. The number of nitrogens with two attached hydrogens (primary N) is 1. The molecule has 1 heterocycles. The Morgan fingerprint density at radius 2 is 1.86 bits per heavy atom. The summed E-state index contributed by atoms with van der Waals surface area (Å²) in [6.45, 7) is 7.99. The Kier molecular flexibility index (Phi) is 7.82. The van der Waals surface area contributed by atoms with Gasteiger partial charge in [-0.3, -0.25) is 4.79 Å². The van der Waals surface area contributed by atoms with Crippen LogP contribution in [0, 0.1) is 0 Å². The molecule has 0 radical (unpaired) electrons. The Morgan fingerprint density at radius 1 is 1.21 bits per heavy atom. The van der Waals surface area contributed by atoms with E-state index in [4.69, 9.17) is 5.73 Å². The third kappa shape index (κ3) is 5.45. The van der Waals surface area contributed by atoms with Crippen LogP contribution in [0.2, 0.25) is 0 Å². The highest BCUT2D eigenvalue weighted by Crippen LogP contribution is 2.24. The van der Waals surface area contributed by atoms with Crippen LogP contribution in [0.25, 0.3) is 0 Å². The number of urea groups is 1. The second kappa shape index (κ2) is 9.88. The molecule has 1 aliphatic heterocycles. The molecule has 2 rings (SSSR count). The van der Waals surface area contributed by atoms with Gasteiger partial charge in [-0.25, -0.2) is 13.2 Å². The number of carbonyl (C=O) groups is 2. The number of amides is 3. The average Bonchev–Trinajstić information content (AvgIpc) is 2.71. The Labute approximate surface area is 167 Å². The van der Waals surface area contributed by atoms with Gasteiger partial charge in [0.1, 0.15) is 0 Å². The van der Waals surface area contributed by atoms with E-state index < -0.39 is 21.0 Å². The molecule has 0 bridgehead atoms. The number of hydrogen-bond acceptors (Lipinski definition) is 5. The van der Waals surface area contributed by atoms with Crippen molar-refractivity contribution in [3.05, 3.63) is 29.8 Å². The first-order valence-corrected chi connectivity index (χ1v) is 11.2. The number of nitrogens with zero attached hydrogens (tertiary/aromatic N) is 2. The van der Waals surface area contributed by atoms with Gasteiger partial charge in [-0.05, 0) is 50.2 Å². The fourth-order valence-corrected chi connectivity index (χ4v) is 5.10. The summed E-state index contributed by atoms with van der Waals surface area (Å²) in [5.74, 6) is -0.603. The summed E-state index contributed by atoms with van der Waals surface area (Å²) < 4.78 is 25.9. The number of likely N-dealkylation sites (N-methyl/N-ethyl adjacent to an activating group) is 1. The maximum absolute atomic E-state index is 12.9. The molecule has 1 atom stereocenters. The van der Waals surface area contributed by atoms with Crippen LogP contribution in [-0.2, 0) is 9.84 Å². The van der Waals surface area contributed by atoms with Crippen molar-refractivity contribution >= 4 is 21.8 Å². The molecule has 0 aliphatic carbocycles. The molecule has 9 heteroatoms. The van der Waals surface area contributed by atoms with Crippen molar-refractivity contribution in [2.75, 3.05) is 39.3 Å². The lowest BCUT2D eigenvalue weighted by Crippen LogP contribution is -2.50. The predicted octanol–water partition coefficient (Wildman–Crippen LogP) is 1.08. The van der Waals surface area contributed by atoms with Crippen LogP contribution < -0.4 is 11.1 Å². The lowest BCUT2D eigenvalue weighted by Gasteiger charge is -2.32. The van der Waals surface area contributed by atoms with Gasteiger partial charge >= 0.3 is 6.03 Å². The Hall–Kier alpha value is -2.13. The summed E-state index contributed by atoms with van der Waals surface area (Å²) in [7, 11) is -3.59. The summed E-state index contributed by atoms with van der Waals surface area (Å²) in [6.07, 6.45) is 1.13. The summed E-state index contributed by atoms with van der Waals surface area (Å²) in [5.41, 5.74) is 5.46. The van der Waals surface area contributed by atoms with E-state index in [2.05, 4.69) is 24.1 Å². The zero-order valence-corrected chi connectivity index (χ0v) is 17.4. The first-order chi connectivity index (χ1) is 13.3. The molecule has 0 spiro atoms. The molecular formula is C19H30N4O4S. The third-order valence-corrected chi connectivity index (χ3v) is 7.36. The molecular weight excluding hydrogens is 380 g/mol. The van der Waals surface area contributed by atoms with E-state index in [1.807, 2.05) is 0 Å². The van der Waals surface area contributed by atoms with E-state index in [9.17, 15) is 18.0 Å². The molecule has 8 nitrogen and oxygen atoms in total. The van der Waals surface area contributed by atoms with Gasteiger partial charge in [0.05, 0.1) is 10.1 Å². The minimum atomic E-state index is -3.59. The smallest absolute Gasteiger partial charge is 0.317 e. The third-order valence-electron chi connectivity index (χ3n) is 5.17.